The topological polar surface area (TPSA) is 32.7 Å². The van der Waals surface area contributed by atoms with Gasteiger partial charge in [-0.25, -0.2) is 4.99 Å². The molecule has 4 heteroatoms. The molecule has 3 nitrogen and oxygen atoms in total. The van der Waals surface area contributed by atoms with E-state index in [9.17, 15) is 4.79 Å². The van der Waals surface area contributed by atoms with Crippen molar-refractivity contribution in [2.75, 3.05) is 4.90 Å². The van der Waals surface area contributed by atoms with Gasteiger partial charge in [-0.1, -0.05) is 42.5 Å². The summed E-state index contributed by atoms with van der Waals surface area (Å²) >= 11 is 1.55. The molecule has 2 aliphatic heterocycles. The van der Waals surface area contributed by atoms with Gasteiger partial charge in [0.2, 0.25) is 0 Å². The van der Waals surface area contributed by atoms with E-state index in [0.29, 0.717) is 5.70 Å². The second-order valence-corrected chi connectivity index (χ2v) is 6.01. The van der Waals surface area contributed by atoms with Gasteiger partial charge in [0.05, 0.1) is 5.69 Å². The van der Waals surface area contributed by atoms with Crippen LogP contribution in [0.3, 0.4) is 0 Å². The maximum atomic E-state index is 12.6. The zero-order chi connectivity index (χ0) is 14.4. The highest BCUT2D eigenvalue weighted by Gasteiger charge is 2.39. The summed E-state index contributed by atoms with van der Waals surface area (Å²) in [6.45, 7) is 2.02. The number of carbonyl (C=O) groups excluding carboxylic acids is 1. The predicted octanol–water partition coefficient (Wildman–Crippen LogP) is 3.84. The van der Waals surface area contributed by atoms with E-state index in [1.165, 1.54) is 0 Å². The molecule has 0 atom stereocenters. The van der Waals surface area contributed by atoms with E-state index in [1.807, 2.05) is 61.5 Å². The second kappa shape index (κ2) is 4.60. The van der Waals surface area contributed by atoms with E-state index in [1.54, 1.807) is 16.7 Å². The molecule has 4 rings (SSSR count). The van der Waals surface area contributed by atoms with Gasteiger partial charge < -0.3 is 0 Å². The van der Waals surface area contributed by atoms with Gasteiger partial charge in [-0.2, -0.15) is 0 Å². The first-order valence-electron chi connectivity index (χ1n) is 6.71. The molecule has 0 aliphatic carbocycles. The average Bonchev–Trinajstić information content (AvgIpc) is 2.99. The number of hydrogen-bond acceptors (Lipinski definition) is 3. The van der Waals surface area contributed by atoms with Crippen LogP contribution in [-0.2, 0) is 4.79 Å². The molecule has 0 unspecified atom stereocenters. The van der Waals surface area contributed by atoms with Crippen molar-refractivity contribution in [1.82, 2.24) is 0 Å². The van der Waals surface area contributed by atoms with Gasteiger partial charge in [0.25, 0.3) is 5.91 Å². The fraction of sp³-hybridized carbons (Fsp3) is 0.0588. The molecule has 2 aliphatic rings. The van der Waals surface area contributed by atoms with Gasteiger partial charge >= 0.3 is 0 Å². The number of benzene rings is 2. The summed E-state index contributed by atoms with van der Waals surface area (Å²) in [5, 5.41) is 0.756. The monoisotopic (exact) mass is 292 g/mol. The summed E-state index contributed by atoms with van der Waals surface area (Å²) < 4.78 is 0. The molecule has 0 N–H and O–H groups in total. The standard InChI is InChI=1S/C17H12N2OS/c1-11-6-5-9-14-15(11)19-16(20)13(18-17(19)21-14)10-12-7-3-2-4-8-12/h2-10H,1H3/b13-10-. The SMILES string of the molecule is Cc1cccc2c1N1C(=O)/C(=C/c3ccccc3)N=C1S2. The molecule has 0 saturated heterocycles. The minimum atomic E-state index is -0.0468. The van der Waals surface area contributed by atoms with Crippen molar-refractivity contribution in [1.29, 1.82) is 0 Å². The third-order valence-electron chi connectivity index (χ3n) is 3.56. The summed E-state index contributed by atoms with van der Waals surface area (Å²) in [6, 6.07) is 15.9. The van der Waals surface area contributed by atoms with E-state index in [0.717, 1.165) is 26.9 Å². The lowest BCUT2D eigenvalue weighted by molar-refractivity contribution is -0.113. The Morgan fingerprint density at radius 3 is 2.71 bits per heavy atom. The van der Waals surface area contributed by atoms with Crippen LogP contribution < -0.4 is 4.90 Å². The highest BCUT2D eigenvalue weighted by atomic mass is 32.2. The molecule has 0 radical (unpaired) electrons. The number of amidine groups is 1. The van der Waals surface area contributed by atoms with Crippen LogP contribution in [0.5, 0.6) is 0 Å². The highest BCUT2D eigenvalue weighted by Crippen LogP contribution is 2.45. The summed E-state index contributed by atoms with van der Waals surface area (Å²) in [5.74, 6) is -0.0468. The van der Waals surface area contributed by atoms with Crippen LogP contribution >= 0.6 is 11.8 Å². The van der Waals surface area contributed by atoms with Crippen LogP contribution in [0.15, 0.2) is 64.1 Å². The zero-order valence-electron chi connectivity index (χ0n) is 11.4. The molecule has 2 heterocycles. The lowest BCUT2D eigenvalue weighted by Gasteiger charge is -2.12. The molecular weight excluding hydrogens is 280 g/mol. The summed E-state index contributed by atoms with van der Waals surface area (Å²) in [4.78, 5) is 20.0. The number of fused-ring (bicyclic) bond motifs is 3. The van der Waals surface area contributed by atoms with Crippen LogP contribution in [0, 0.1) is 6.92 Å². The quantitative estimate of drug-likeness (QED) is 0.748. The van der Waals surface area contributed by atoms with E-state index in [4.69, 9.17) is 0 Å². The van der Waals surface area contributed by atoms with E-state index >= 15 is 0 Å². The van der Waals surface area contributed by atoms with E-state index in [2.05, 4.69) is 4.99 Å². The smallest absolute Gasteiger partial charge is 0.266 e. The Labute approximate surface area is 127 Å². The number of anilines is 1. The largest absolute Gasteiger partial charge is 0.283 e. The zero-order valence-corrected chi connectivity index (χ0v) is 12.2. The van der Waals surface area contributed by atoms with Crippen LogP contribution in [-0.4, -0.2) is 11.1 Å². The van der Waals surface area contributed by atoms with Crippen molar-refractivity contribution in [2.45, 2.75) is 11.8 Å². The number of thioether (sulfide) groups is 1. The van der Waals surface area contributed by atoms with Gasteiger partial charge in [-0.05, 0) is 42.0 Å². The molecule has 21 heavy (non-hydrogen) atoms. The number of aryl methyl sites for hydroxylation is 1. The molecule has 0 aromatic heterocycles. The fourth-order valence-electron chi connectivity index (χ4n) is 2.57. The third-order valence-corrected chi connectivity index (χ3v) is 4.56. The van der Waals surface area contributed by atoms with Crippen LogP contribution in [0.2, 0.25) is 0 Å². The first-order valence-corrected chi connectivity index (χ1v) is 7.53. The Morgan fingerprint density at radius 1 is 1.10 bits per heavy atom. The number of hydrogen-bond donors (Lipinski definition) is 0. The maximum absolute atomic E-state index is 12.6. The van der Waals surface area contributed by atoms with Gasteiger partial charge in [-0.3, -0.25) is 9.69 Å². The maximum Gasteiger partial charge on any atom is 0.283 e. The Hall–Kier alpha value is -2.33. The number of aliphatic imine (C=N–C) groups is 1. The molecule has 0 spiro atoms. The Bertz CT molecular complexity index is 809. The number of nitrogens with zero attached hydrogens (tertiary/aromatic N) is 2. The van der Waals surface area contributed by atoms with Crippen LogP contribution in [0.1, 0.15) is 11.1 Å². The second-order valence-electron chi connectivity index (χ2n) is 5.00. The van der Waals surface area contributed by atoms with Crippen molar-refractivity contribution in [3.05, 3.63) is 65.4 Å². The van der Waals surface area contributed by atoms with Gasteiger partial charge in [0.1, 0.15) is 5.70 Å². The molecule has 1 amide bonds. The number of rotatable bonds is 1. The first-order chi connectivity index (χ1) is 10.2. The Morgan fingerprint density at radius 2 is 1.90 bits per heavy atom. The molecule has 2 aromatic carbocycles. The fourth-order valence-corrected chi connectivity index (χ4v) is 3.67. The van der Waals surface area contributed by atoms with Gasteiger partial charge in [0, 0.05) is 4.90 Å². The van der Waals surface area contributed by atoms with Crippen molar-refractivity contribution in [2.24, 2.45) is 4.99 Å². The lowest BCUT2D eigenvalue weighted by atomic mass is 10.1. The molecule has 2 aromatic rings. The summed E-state index contributed by atoms with van der Waals surface area (Å²) in [6.07, 6.45) is 1.84. The molecule has 0 saturated carbocycles. The molecule has 0 bridgehead atoms. The molecule has 0 fully saturated rings. The Balaban J connectivity index is 1.77. The minimum absolute atomic E-state index is 0.0468. The van der Waals surface area contributed by atoms with E-state index in [-0.39, 0.29) is 5.91 Å². The number of amides is 1. The normalized spacial score (nSPS) is 18.0. The first kappa shape index (κ1) is 12.4. The van der Waals surface area contributed by atoms with Crippen LogP contribution in [0.25, 0.3) is 6.08 Å². The van der Waals surface area contributed by atoms with E-state index < -0.39 is 0 Å². The van der Waals surface area contributed by atoms with Crippen molar-refractivity contribution >= 4 is 34.6 Å². The molecular formula is C17H12N2OS. The van der Waals surface area contributed by atoms with Gasteiger partial charge in [-0.15, -0.1) is 0 Å². The number of carbonyl (C=O) groups is 1. The number of para-hydroxylation sites is 1. The van der Waals surface area contributed by atoms with Crippen molar-refractivity contribution in [3.8, 4) is 0 Å². The highest BCUT2D eigenvalue weighted by molar-refractivity contribution is 8.15. The lowest BCUT2D eigenvalue weighted by Crippen LogP contribution is -2.27. The molecule has 102 valence electrons. The predicted molar refractivity (Wildman–Crippen MR) is 86.4 cm³/mol. The van der Waals surface area contributed by atoms with Gasteiger partial charge in [0.15, 0.2) is 5.17 Å². The summed E-state index contributed by atoms with van der Waals surface area (Å²) in [7, 11) is 0. The minimum Gasteiger partial charge on any atom is -0.266 e. The Kier molecular flexibility index (Phi) is 2.72. The van der Waals surface area contributed by atoms with Crippen molar-refractivity contribution in [3.63, 3.8) is 0 Å². The summed E-state index contributed by atoms with van der Waals surface area (Å²) in [5.41, 5.74) is 3.56. The third kappa shape index (κ3) is 1.91. The van der Waals surface area contributed by atoms with Crippen molar-refractivity contribution < 1.29 is 4.79 Å². The average molecular weight is 292 g/mol. The van der Waals surface area contributed by atoms with Crippen LogP contribution in [0.4, 0.5) is 5.69 Å².